The number of ether oxygens (including phenoxy) is 1. The van der Waals surface area contributed by atoms with Crippen LogP contribution >= 0.6 is 0 Å². The van der Waals surface area contributed by atoms with Gasteiger partial charge in [-0.1, -0.05) is 30.3 Å². The maximum Gasteiger partial charge on any atom is 0.269 e. The molecule has 1 N–H and O–H groups in total. The molecular weight excluding hydrogens is 334 g/mol. The molecule has 2 aromatic rings. The van der Waals surface area contributed by atoms with Gasteiger partial charge in [-0.25, -0.2) is 0 Å². The number of methoxy groups -OCH3 is 1. The molecule has 0 radical (unpaired) electrons. The summed E-state index contributed by atoms with van der Waals surface area (Å²) < 4.78 is 5.45. The largest absolute Gasteiger partial charge is 0.496 e. The van der Waals surface area contributed by atoms with E-state index in [9.17, 15) is 14.9 Å². The number of carbonyl (C=O) groups is 1. The summed E-state index contributed by atoms with van der Waals surface area (Å²) in [6, 6.07) is 13.8. The van der Waals surface area contributed by atoms with E-state index in [-0.39, 0.29) is 24.1 Å². The number of nitrogens with zero attached hydrogens (tertiary/aromatic N) is 2. The van der Waals surface area contributed by atoms with E-state index in [4.69, 9.17) is 4.74 Å². The van der Waals surface area contributed by atoms with Crippen molar-refractivity contribution in [3.05, 3.63) is 69.8 Å². The van der Waals surface area contributed by atoms with E-state index in [1.165, 1.54) is 12.1 Å². The van der Waals surface area contributed by atoms with E-state index in [1.54, 1.807) is 19.2 Å². The van der Waals surface area contributed by atoms with Gasteiger partial charge in [-0.05, 0) is 11.6 Å². The summed E-state index contributed by atoms with van der Waals surface area (Å²) in [7, 11) is 1.62. The zero-order valence-corrected chi connectivity index (χ0v) is 14.6. The van der Waals surface area contributed by atoms with E-state index >= 15 is 0 Å². The van der Waals surface area contributed by atoms with E-state index in [0.717, 1.165) is 11.3 Å². The predicted molar refractivity (Wildman–Crippen MR) is 97.1 cm³/mol. The highest BCUT2D eigenvalue weighted by molar-refractivity contribution is 5.79. The summed E-state index contributed by atoms with van der Waals surface area (Å²) in [5.41, 5.74) is 1.59. The van der Waals surface area contributed by atoms with Crippen LogP contribution in [0, 0.1) is 10.1 Å². The highest BCUT2D eigenvalue weighted by Crippen LogP contribution is 2.30. The van der Waals surface area contributed by atoms with E-state index in [2.05, 4.69) is 5.32 Å². The Kier molecular flexibility index (Phi) is 5.48. The normalized spacial score (nSPS) is 17.0. The molecule has 1 aliphatic rings. The van der Waals surface area contributed by atoms with Gasteiger partial charge in [0.15, 0.2) is 0 Å². The van der Waals surface area contributed by atoms with Gasteiger partial charge in [0.25, 0.3) is 5.69 Å². The summed E-state index contributed by atoms with van der Waals surface area (Å²) in [6.07, 6.45) is 0.132. The molecular formula is C19H21N3O4. The second-order valence-corrected chi connectivity index (χ2v) is 6.15. The minimum atomic E-state index is -0.448. The van der Waals surface area contributed by atoms with Crippen molar-refractivity contribution < 1.29 is 14.5 Å². The Labute approximate surface area is 151 Å². The summed E-state index contributed by atoms with van der Waals surface area (Å²) in [4.78, 5) is 25.2. The van der Waals surface area contributed by atoms with Crippen LogP contribution in [0.1, 0.15) is 17.2 Å². The zero-order chi connectivity index (χ0) is 18.5. The van der Waals surface area contributed by atoms with Crippen LogP contribution in [0.3, 0.4) is 0 Å². The number of nitrogens with one attached hydrogen (secondary N) is 1. The Balaban J connectivity index is 1.82. The van der Waals surface area contributed by atoms with Crippen LogP contribution in [0.2, 0.25) is 0 Å². The molecule has 1 amide bonds. The second-order valence-electron chi connectivity index (χ2n) is 6.15. The highest BCUT2D eigenvalue weighted by Gasteiger charge is 2.29. The van der Waals surface area contributed by atoms with E-state index < -0.39 is 4.92 Å². The smallest absolute Gasteiger partial charge is 0.269 e. The standard InChI is InChI=1S/C19H21N3O4/c1-26-18-8-3-2-7-16(18)17-13-20-9-10-21(17)19(23)12-14-5-4-6-15(11-14)22(24)25/h2-8,11,17,20H,9-10,12-13H2,1H3. The third kappa shape index (κ3) is 3.83. The van der Waals surface area contributed by atoms with Crippen LogP contribution in [0.15, 0.2) is 48.5 Å². The molecule has 0 aliphatic carbocycles. The lowest BCUT2D eigenvalue weighted by molar-refractivity contribution is -0.384. The average Bonchev–Trinajstić information content (AvgIpc) is 2.68. The van der Waals surface area contributed by atoms with Gasteiger partial charge in [-0.2, -0.15) is 0 Å². The van der Waals surface area contributed by atoms with Crippen LogP contribution in [0.4, 0.5) is 5.69 Å². The molecule has 7 heteroatoms. The average molecular weight is 355 g/mol. The zero-order valence-electron chi connectivity index (χ0n) is 14.6. The number of carbonyl (C=O) groups excluding carboxylic acids is 1. The first-order valence-corrected chi connectivity index (χ1v) is 8.46. The molecule has 0 aromatic heterocycles. The van der Waals surface area contributed by atoms with Crippen molar-refractivity contribution in [3.63, 3.8) is 0 Å². The third-order valence-electron chi connectivity index (χ3n) is 4.54. The molecule has 1 fully saturated rings. The van der Waals surface area contributed by atoms with Gasteiger partial charge in [-0.15, -0.1) is 0 Å². The molecule has 0 saturated carbocycles. The fraction of sp³-hybridized carbons (Fsp3) is 0.316. The van der Waals surface area contributed by atoms with Crippen molar-refractivity contribution in [3.8, 4) is 5.75 Å². The molecule has 1 atom stereocenters. The first kappa shape index (κ1) is 17.9. The lowest BCUT2D eigenvalue weighted by atomic mass is 10.0. The first-order chi connectivity index (χ1) is 12.6. The van der Waals surface area contributed by atoms with E-state index in [0.29, 0.717) is 25.2 Å². The molecule has 7 nitrogen and oxygen atoms in total. The van der Waals surface area contributed by atoms with Gasteiger partial charge in [0.05, 0.1) is 24.5 Å². The third-order valence-corrected chi connectivity index (χ3v) is 4.54. The maximum atomic E-state index is 12.9. The number of benzene rings is 2. The summed E-state index contributed by atoms with van der Waals surface area (Å²) in [5.74, 6) is 0.692. The lowest BCUT2D eigenvalue weighted by Crippen LogP contribution is -2.49. The quantitative estimate of drug-likeness (QED) is 0.657. The van der Waals surface area contributed by atoms with Crippen LogP contribution < -0.4 is 10.1 Å². The van der Waals surface area contributed by atoms with Crippen molar-refractivity contribution >= 4 is 11.6 Å². The highest BCUT2D eigenvalue weighted by atomic mass is 16.6. The fourth-order valence-electron chi connectivity index (χ4n) is 3.28. The number of hydrogen-bond donors (Lipinski definition) is 1. The number of para-hydroxylation sites is 1. The monoisotopic (exact) mass is 355 g/mol. The number of nitro benzene ring substituents is 1. The minimum absolute atomic E-state index is 0.00288. The van der Waals surface area contributed by atoms with Crippen LogP contribution in [-0.4, -0.2) is 42.5 Å². The molecule has 136 valence electrons. The molecule has 0 spiro atoms. The first-order valence-electron chi connectivity index (χ1n) is 8.46. The van der Waals surface area contributed by atoms with Gasteiger partial charge < -0.3 is 15.0 Å². The van der Waals surface area contributed by atoms with Gasteiger partial charge in [0.1, 0.15) is 5.75 Å². The van der Waals surface area contributed by atoms with Crippen molar-refractivity contribution in [1.29, 1.82) is 0 Å². The van der Waals surface area contributed by atoms with E-state index in [1.807, 2.05) is 29.2 Å². The Morgan fingerprint density at radius 1 is 1.31 bits per heavy atom. The molecule has 26 heavy (non-hydrogen) atoms. The Hall–Kier alpha value is -2.93. The summed E-state index contributed by atoms with van der Waals surface area (Å²) >= 11 is 0. The fourth-order valence-corrected chi connectivity index (χ4v) is 3.28. The van der Waals surface area contributed by atoms with Gasteiger partial charge in [0, 0.05) is 37.3 Å². The molecule has 1 unspecified atom stereocenters. The van der Waals surface area contributed by atoms with Crippen LogP contribution in [-0.2, 0) is 11.2 Å². The van der Waals surface area contributed by atoms with Gasteiger partial charge in [0.2, 0.25) is 5.91 Å². The van der Waals surface area contributed by atoms with Crippen molar-refractivity contribution in [2.24, 2.45) is 0 Å². The van der Waals surface area contributed by atoms with Crippen LogP contribution in [0.5, 0.6) is 5.75 Å². The van der Waals surface area contributed by atoms with Gasteiger partial charge in [-0.3, -0.25) is 14.9 Å². The molecule has 3 rings (SSSR count). The minimum Gasteiger partial charge on any atom is -0.496 e. The Morgan fingerprint density at radius 3 is 2.88 bits per heavy atom. The van der Waals surface area contributed by atoms with Crippen molar-refractivity contribution in [1.82, 2.24) is 10.2 Å². The Morgan fingerprint density at radius 2 is 2.12 bits per heavy atom. The summed E-state index contributed by atoms with van der Waals surface area (Å²) in [5, 5.41) is 14.3. The number of hydrogen-bond acceptors (Lipinski definition) is 5. The molecule has 0 bridgehead atoms. The lowest BCUT2D eigenvalue weighted by Gasteiger charge is -2.37. The second kappa shape index (κ2) is 7.97. The maximum absolute atomic E-state index is 12.9. The van der Waals surface area contributed by atoms with Crippen molar-refractivity contribution in [2.75, 3.05) is 26.7 Å². The van der Waals surface area contributed by atoms with Crippen molar-refractivity contribution in [2.45, 2.75) is 12.5 Å². The number of non-ortho nitro benzene ring substituents is 1. The number of piperazine rings is 1. The topological polar surface area (TPSA) is 84.7 Å². The molecule has 1 heterocycles. The Bertz CT molecular complexity index is 809. The molecule has 2 aromatic carbocycles. The molecule has 1 aliphatic heterocycles. The molecule has 1 saturated heterocycles. The number of rotatable bonds is 5. The predicted octanol–water partition coefficient (Wildman–Crippen LogP) is 2.32. The number of amides is 1. The number of nitro groups is 1. The van der Waals surface area contributed by atoms with Crippen LogP contribution in [0.25, 0.3) is 0 Å². The SMILES string of the molecule is COc1ccccc1C1CNCCN1C(=O)Cc1cccc([N+](=O)[O-])c1. The summed E-state index contributed by atoms with van der Waals surface area (Å²) in [6.45, 7) is 1.93. The van der Waals surface area contributed by atoms with Gasteiger partial charge >= 0.3 is 0 Å².